The number of ether oxygens (including phenoxy) is 1. The SMILES string of the molecule is C=CCOc1c(C(C)(C)C)cc(C)c([Si](C)C)c1CC1=CCC=C1. The molecule has 0 saturated carbocycles. The van der Waals surface area contributed by atoms with Crippen LogP contribution in [0.15, 0.2) is 42.5 Å². The molecule has 0 spiro atoms. The molecule has 129 valence electrons. The quantitative estimate of drug-likeness (QED) is 0.508. The van der Waals surface area contributed by atoms with Gasteiger partial charge in [-0.25, -0.2) is 0 Å². The largest absolute Gasteiger partial charge is 0.489 e. The number of hydrogen-bond acceptors (Lipinski definition) is 1. The Bertz CT molecular complexity index is 672. The average Bonchev–Trinajstić information content (AvgIpc) is 2.97. The van der Waals surface area contributed by atoms with Crippen LogP contribution in [0.4, 0.5) is 0 Å². The fourth-order valence-electron chi connectivity index (χ4n) is 3.44. The zero-order valence-electron chi connectivity index (χ0n) is 16.1. The van der Waals surface area contributed by atoms with Gasteiger partial charge in [-0.1, -0.05) is 81.6 Å². The van der Waals surface area contributed by atoms with E-state index in [0.717, 1.165) is 18.6 Å². The van der Waals surface area contributed by atoms with Crippen molar-refractivity contribution in [3.8, 4) is 5.75 Å². The Hall–Kier alpha value is -1.54. The maximum Gasteiger partial charge on any atom is 0.126 e. The number of hydrogen-bond donors (Lipinski definition) is 0. The maximum absolute atomic E-state index is 6.25. The predicted octanol–water partition coefficient (Wildman–Crippen LogP) is 5.25. The van der Waals surface area contributed by atoms with E-state index in [1.165, 1.54) is 27.5 Å². The zero-order valence-corrected chi connectivity index (χ0v) is 17.1. The van der Waals surface area contributed by atoms with Crippen LogP contribution >= 0.6 is 0 Å². The first kappa shape index (κ1) is 18.8. The van der Waals surface area contributed by atoms with Crippen LogP contribution in [-0.4, -0.2) is 15.4 Å². The van der Waals surface area contributed by atoms with E-state index in [1.54, 1.807) is 0 Å². The fraction of sp³-hybridized carbons (Fsp3) is 0.455. The van der Waals surface area contributed by atoms with E-state index >= 15 is 0 Å². The van der Waals surface area contributed by atoms with Gasteiger partial charge < -0.3 is 4.74 Å². The summed E-state index contributed by atoms with van der Waals surface area (Å²) < 4.78 is 6.25. The number of rotatable bonds is 6. The summed E-state index contributed by atoms with van der Waals surface area (Å²) in [6.07, 6.45) is 10.7. The molecule has 1 aliphatic carbocycles. The van der Waals surface area contributed by atoms with Crippen molar-refractivity contribution in [1.29, 1.82) is 0 Å². The van der Waals surface area contributed by atoms with Crippen molar-refractivity contribution in [2.24, 2.45) is 0 Å². The topological polar surface area (TPSA) is 9.23 Å². The Morgan fingerprint density at radius 2 is 2.00 bits per heavy atom. The minimum absolute atomic E-state index is 0.0584. The summed E-state index contributed by atoms with van der Waals surface area (Å²) in [4.78, 5) is 0. The number of allylic oxidation sites excluding steroid dienone is 4. The molecular formula is C22H31OSi. The second kappa shape index (κ2) is 7.56. The highest BCUT2D eigenvalue weighted by atomic mass is 28.3. The zero-order chi connectivity index (χ0) is 17.9. The van der Waals surface area contributed by atoms with Crippen molar-refractivity contribution in [3.63, 3.8) is 0 Å². The Morgan fingerprint density at radius 3 is 2.50 bits per heavy atom. The van der Waals surface area contributed by atoms with E-state index in [0.29, 0.717) is 6.61 Å². The van der Waals surface area contributed by atoms with E-state index in [1.807, 2.05) is 6.08 Å². The minimum Gasteiger partial charge on any atom is -0.489 e. The van der Waals surface area contributed by atoms with Crippen LogP contribution in [0.3, 0.4) is 0 Å². The molecule has 0 unspecified atom stereocenters. The number of aryl methyl sites for hydroxylation is 1. The number of benzene rings is 1. The Labute approximate surface area is 149 Å². The van der Waals surface area contributed by atoms with Gasteiger partial charge in [-0.2, -0.15) is 0 Å². The van der Waals surface area contributed by atoms with Gasteiger partial charge in [0.1, 0.15) is 12.4 Å². The molecule has 1 aliphatic rings. The first-order chi connectivity index (χ1) is 11.3. The molecule has 2 heteroatoms. The molecular weight excluding hydrogens is 308 g/mol. The smallest absolute Gasteiger partial charge is 0.126 e. The van der Waals surface area contributed by atoms with Crippen LogP contribution in [0.5, 0.6) is 5.75 Å². The lowest BCUT2D eigenvalue weighted by Gasteiger charge is -2.29. The van der Waals surface area contributed by atoms with Crippen molar-refractivity contribution in [3.05, 3.63) is 59.2 Å². The molecule has 1 aromatic carbocycles. The minimum atomic E-state index is -0.578. The molecule has 0 aromatic heterocycles. The molecule has 24 heavy (non-hydrogen) atoms. The Kier molecular flexibility index (Phi) is 5.92. The van der Waals surface area contributed by atoms with Gasteiger partial charge in [0.2, 0.25) is 0 Å². The van der Waals surface area contributed by atoms with Gasteiger partial charge in [-0.05, 0) is 29.9 Å². The normalized spacial score (nSPS) is 14.2. The van der Waals surface area contributed by atoms with Crippen molar-refractivity contribution >= 4 is 14.0 Å². The molecule has 1 aromatic rings. The average molecular weight is 340 g/mol. The van der Waals surface area contributed by atoms with Crippen molar-refractivity contribution in [1.82, 2.24) is 0 Å². The molecule has 1 radical (unpaired) electrons. The molecule has 0 heterocycles. The van der Waals surface area contributed by atoms with Gasteiger partial charge in [0.05, 0.1) is 8.80 Å². The van der Waals surface area contributed by atoms with Crippen LogP contribution in [0, 0.1) is 6.92 Å². The molecule has 0 atom stereocenters. The molecule has 0 amide bonds. The van der Waals surface area contributed by atoms with Gasteiger partial charge >= 0.3 is 0 Å². The Balaban J connectivity index is 2.69. The summed E-state index contributed by atoms with van der Waals surface area (Å²) in [7, 11) is -0.578. The monoisotopic (exact) mass is 339 g/mol. The Morgan fingerprint density at radius 1 is 1.29 bits per heavy atom. The lowest BCUT2D eigenvalue weighted by Crippen LogP contribution is -2.32. The van der Waals surface area contributed by atoms with Crippen LogP contribution in [-0.2, 0) is 11.8 Å². The van der Waals surface area contributed by atoms with E-state index < -0.39 is 8.80 Å². The van der Waals surface area contributed by atoms with E-state index in [4.69, 9.17) is 4.74 Å². The third kappa shape index (κ3) is 4.10. The van der Waals surface area contributed by atoms with Crippen LogP contribution in [0.1, 0.15) is 43.9 Å². The molecule has 0 saturated heterocycles. The first-order valence-electron chi connectivity index (χ1n) is 8.82. The fourth-order valence-corrected chi connectivity index (χ4v) is 5.11. The van der Waals surface area contributed by atoms with Crippen molar-refractivity contribution in [2.75, 3.05) is 6.61 Å². The third-order valence-electron chi connectivity index (χ3n) is 4.46. The third-order valence-corrected chi connectivity index (χ3v) is 6.15. The lowest BCUT2D eigenvalue weighted by molar-refractivity contribution is 0.348. The maximum atomic E-state index is 6.25. The summed E-state index contributed by atoms with van der Waals surface area (Å²) >= 11 is 0. The van der Waals surface area contributed by atoms with E-state index in [9.17, 15) is 0 Å². The van der Waals surface area contributed by atoms with Crippen molar-refractivity contribution < 1.29 is 4.74 Å². The second-order valence-corrected chi connectivity index (χ2v) is 10.4. The van der Waals surface area contributed by atoms with Gasteiger partial charge in [-0.15, -0.1) is 0 Å². The standard InChI is InChI=1S/C22H31OSi/c1-8-13-23-20-18(15-17-11-9-10-12-17)21(24(6)7)16(2)14-19(20)22(3,4)5/h8-9,11-12,14H,1,10,13,15H2,2-7H3. The summed E-state index contributed by atoms with van der Waals surface area (Å²) in [6.45, 7) is 18.2. The molecule has 0 N–H and O–H groups in total. The summed E-state index contributed by atoms with van der Waals surface area (Å²) in [5, 5.41) is 1.54. The van der Waals surface area contributed by atoms with Crippen LogP contribution in [0.2, 0.25) is 13.1 Å². The molecule has 2 rings (SSSR count). The van der Waals surface area contributed by atoms with Gasteiger partial charge in [-0.3, -0.25) is 0 Å². The van der Waals surface area contributed by atoms with Crippen molar-refractivity contribution in [2.45, 2.75) is 59.0 Å². The highest BCUT2D eigenvalue weighted by Gasteiger charge is 2.26. The first-order valence-corrected chi connectivity index (χ1v) is 11.3. The second-order valence-electron chi connectivity index (χ2n) is 7.87. The van der Waals surface area contributed by atoms with Gasteiger partial charge in [0.15, 0.2) is 0 Å². The van der Waals surface area contributed by atoms with Gasteiger partial charge in [0.25, 0.3) is 0 Å². The van der Waals surface area contributed by atoms with Crippen LogP contribution < -0.4 is 9.92 Å². The highest BCUT2D eigenvalue weighted by molar-refractivity contribution is 6.71. The van der Waals surface area contributed by atoms with E-state index in [-0.39, 0.29) is 5.41 Å². The highest BCUT2D eigenvalue weighted by Crippen LogP contribution is 2.36. The summed E-state index contributed by atoms with van der Waals surface area (Å²) in [5.41, 5.74) is 5.60. The lowest BCUT2D eigenvalue weighted by atomic mass is 9.83. The van der Waals surface area contributed by atoms with Gasteiger partial charge in [0, 0.05) is 12.0 Å². The molecule has 0 aliphatic heterocycles. The molecule has 1 nitrogen and oxygen atoms in total. The summed E-state index contributed by atoms with van der Waals surface area (Å²) in [6, 6.07) is 2.35. The summed E-state index contributed by atoms with van der Waals surface area (Å²) in [5.74, 6) is 1.09. The van der Waals surface area contributed by atoms with E-state index in [2.05, 4.69) is 71.7 Å². The molecule has 0 bridgehead atoms. The van der Waals surface area contributed by atoms with Crippen LogP contribution in [0.25, 0.3) is 0 Å². The predicted molar refractivity (Wildman–Crippen MR) is 108 cm³/mol. The molecule has 0 fully saturated rings.